The minimum atomic E-state index is -3.09. The first-order valence-corrected chi connectivity index (χ1v) is 9.73. The zero-order valence-electron chi connectivity index (χ0n) is 13.1. The minimum absolute atomic E-state index is 0.153. The third kappa shape index (κ3) is 4.73. The molecule has 1 aromatic carbocycles. The van der Waals surface area contributed by atoms with Gasteiger partial charge in [-0.25, -0.2) is 8.42 Å². The van der Waals surface area contributed by atoms with Crippen LogP contribution in [0.1, 0.15) is 46.0 Å². The number of sulfone groups is 1. The first-order valence-electron chi connectivity index (χ1n) is 8.08. The summed E-state index contributed by atoms with van der Waals surface area (Å²) in [6.07, 6.45) is 6.66. The first kappa shape index (κ1) is 16.3. The van der Waals surface area contributed by atoms with Gasteiger partial charge in [-0.15, -0.1) is 0 Å². The van der Waals surface area contributed by atoms with Crippen molar-refractivity contribution in [1.82, 2.24) is 0 Å². The summed E-state index contributed by atoms with van der Waals surface area (Å²) in [4.78, 5) is 0.414. The minimum Gasteiger partial charge on any atom is -0.385 e. The molecule has 0 spiro atoms. The summed E-state index contributed by atoms with van der Waals surface area (Å²) in [7, 11) is -3.09. The number of hydrogen-bond donors (Lipinski definition) is 1. The Hall–Kier alpha value is -1.03. The third-order valence-electron chi connectivity index (χ3n) is 4.61. The quantitative estimate of drug-likeness (QED) is 0.860. The van der Waals surface area contributed by atoms with Gasteiger partial charge in [-0.1, -0.05) is 39.5 Å². The maximum atomic E-state index is 11.7. The molecule has 1 fully saturated rings. The van der Waals surface area contributed by atoms with Crippen molar-refractivity contribution in [3.05, 3.63) is 24.3 Å². The van der Waals surface area contributed by atoms with E-state index in [1.54, 1.807) is 19.1 Å². The molecule has 0 saturated heterocycles. The van der Waals surface area contributed by atoms with Gasteiger partial charge >= 0.3 is 0 Å². The highest BCUT2D eigenvalue weighted by Gasteiger charge is 2.17. The molecule has 0 amide bonds. The van der Waals surface area contributed by atoms with Crippen molar-refractivity contribution in [3.8, 4) is 0 Å². The van der Waals surface area contributed by atoms with Gasteiger partial charge in [0, 0.05) is 12.2 Å². The molecule has 1 aromatic rings. The van der Waals surface area contributed by atoms with Crippen LogP contribution in [0.4, 0.5) is 5.69 Å². The molecule has 1 aliphatic rings. The Morgan fingerprint density at radius 3 is 2.29 bits per heavy atom. The van der Waals surface area contributed by atoms with Crippen LogP contribution in [0.3, 0.4) is 0 Å². The van der Waals surface area contributed by atoms with E-state index in [9.17, 15) is 8.42 Å². The number of benzene rings is 1. The molecule has 4 heteroatoms. The lowest BCUT2D eigenvalue weighted by Crippen LogP contribution is -2.15. The van der Waals surface area contributed by atoms with E-state index in [-0.39, 0.29) is 5.75 Å². The van der Waals surface area contributed by atoms with Crippen molar-refractivity contribution in [3.63, 3.8) is 0 Å². The topological polar surface area (TPSA) is 46.2 Å². The maximum absolute atomic E-state index is 11.7. The zero-order valence-corrected chi connectivity index (χ0v) is 14.0. The van der Waals surface area contributed by atoms with E-state index < -0.39 is 9.84 Å². The lowest BCUT2D eigenvalue weighted by atomic mass is 9.81. The molecular formula is C17H27NO2S. The van der Waals surface area contributed by atoms with Crippen molar-refractivity contribution in [2.45, 2.75) is 50.8 Å². The van der Waals surface area contributed by atoms with Crippen LogP contribution in [0.2, 0.25) is 0 Å². The van der Waals surface area contributed by atoms with Crippen molar-refractivity contribution >= 4 is 15.5 Å². The molecule has 0 atom stereocenters. The summed E-state index contributed by atoms with van der Waals surface area (Å²) in [5.74, 6) is 1.91. The fourth-order valence-electron chi connectivity index (χ4n) is 2.99. The fourth-order valence-corrected chi connectivity index (χ4v) is 3.87. The molecule has 0 aliphatic heterocycles. The van der Waals surface area contributed by atoms with Crippen LogP contribution in [-0.2, 0) is 9.84 Å². The average Bonchev–Trinajstić information content (AvgIpc) is 2.50. The van der Waals surface area contributed by atoms with E-state index in [0.29, 0.717) is 4.90 Å². The Balaban J connectivity index is 1.79. The van der Waals surface area contributed by atoms with Gasteiger partial charge < -0.3 is 5.32 Å². The average molecular weight is 309 g/mol. The Bertz CT molecular complexity index is 528. The van der Waals surface area contributed by atoms with Gasteiger partial charge in [0.25, 0.3) is 0 Å². The predicted octanol–water partition coefficient (Wildman–Crippen LogP) is 4.11. The van der Waals surface area contributed by atoms with E-state index >= 15 is 0 Å². The Labute approximate surface area is 129 Å². The normalized spacial score (nSPS) is 23.0. The fraction of sp³-hybridized carbons (Fsp3) is 0.647. The molecule has 21 heavy (non-hydrogen) atoms. The highest BCUT2D eigenvalue weighted by molar-refractivity contribution is 7.91. The molecule has 0 aromatic heterocycles. The van der Waals surface area contributed by atoms with Gasteiger partial charge in [-0.2, -0.15) is 0 Å². The third-order valence-corrected chi connectivity index (χ3v) is 6.36. The number of rotatable bonds is 6. The van der Waals surface area contributed by atoms with Crippen molar-refractivity contribution in [2.75, 3.05) is 17.6 Å². The number of anilines is 1. The molecule has 0 unspecified atom stereocenters. The van der Waals surface area contributed by atoms with Gasteiger partial charge in [0.15, 0.2) is 9.84 Å². The lowest BCUT2D eigenvalue weighted by molar-refractivity contribution is 0.282. The largest absolute Gasteiger partial charge is 0.385 e. The summed E-state index contributed by atoms with van der Waals surface area (Å²) in [5.41, 5.74) is 1.01. The van der Waals surface area contributed by atoms with Gasteiger partial charge in [-0.3, -0.25) is 0 Å². The second-order valence-electron chi connectivity index (χ2n) is 6.27. The number of nitrogens with one attached hydrogen (secondary N) is 1. The van der Waals surface area contributed by atoms with Gasteiger partial charge in [0.05, 0.1) is 10.6 Å². The second kappa shape index (κ2) is 7.30. The SMILES string of the molecule is CCS(=O)(=O)c1ccc(NCCC2CCC(C)CC2)cc1. The molecule has 0 heterocycles. The van der Waals surface area contributed by atoms with Crippen LogP contribution in [0.25, 0.3) is 0 Å². The van der Waals surface area contributed by atoms with E-state index in [1.165, 1.54) is 32.1 Å². The van der Waals surface area contributed by atoms with Crippen LogP contribution in [0.5, 0.6) is 0 Å². The van der Waals surface area contributed by atoms with Crippen molar-refractivity contribution in [2.24, 2.45) is 11.8 Å². The summed E-state index contributed by atoms with van der Waals surface area (Å²) in [6.45, 7) is 4.99. The highest BCUT2D eigenvalue weighted by atomic mass is 32.2. The van der Waals surface area contributed by atoms with Crippen LogP contribution in [0.15, 0.2) is 29.2 Å². The molecule has 0 bridgehead atoms. The molecule has 118 valence electrons. The molecule has 1 saturated carbocycles. The monoisotopic (exact) mass is 309 g/mol. The van der Waals surface area contributed by atoms with Crippen LogP contribution in [-0.4, -0.2) is 20.7 Å². The lowest BCUT2D eigenvalue weighted by Gasteiger charge is -2.26. The van der Waals surface area contributed by atoms with Crippen LogP contribution in [0, 0.1) is 11.8 Å². The van der Waals surface area contributed by atoms with E-state index in [1.807, 2.05) is 12.1 Å². The molecule has 2 rings (SSSR count). The van der Waals surface area contributed by atoms with Gasteiger partial charge in [0.2, 0.25) is 0 Å². The van der Waals surface area contributed by atoms with Crippen molar-refractivity contribution < 1.29 is 8.42 Å². The zero-order chi connectivity index (χ0) is 15.3. The number of hydrogen-bond acceptors (Lipinski definition) is 3. The molecule has 0 radical (unpaired) electrons. The predicted molar refractivity (Wildman–Crippen MR) is 88.4 cm³/mol. The second-order valence-corrected chi connectivity index (χ2v) is 8.55. The molecule has 1 N–H and O–H groups in total. The first-order chi connectivity index (χ1) is 10.0. The van der Waals surface area contributed by atoms with Gasteiger partial charge in [-0.05, 0) is 42.5 Å². The standard InChI is InChI=1S/C17H27NO2S/c1-3-21(19,20)17-10-8-16(9-11-17)18-13-12-15-6-4-14(2)5-7-15/h8-11,14-15,18H,3-7,12-13H2,1-2H3. The Kier molecular flexibility index (Phi) is 5.68. The molecule has 3 nitrogen and oxygen atoms in total. The Morgan fingerprint density at radius 1 is 1.10 bits per heavy atom. The summed E-state index contributed by atoms with van der Waals surface area (Å²) in [6, 6.07) is 7.13. The Morgan fingerprint density at radius 2 is 1.71 bits per heavy atom. The van der Waals surface area contributed by atoms with Crippen molar-refractivity contribution in [1.29, 1.82) is 0 Å². The van der Waals surface area contributed by atoms with Crippen LogP contribution >= 0.6 is 0 Å². The molecular weight excluding hydrogens is 282 g/mol. The molecule has 1 aliphatic carbocycles. The summed E-state index contributed by atoms with van der Waals surface area (Å²) < 4.78 is 23.5. The van der Waals surface area contributed by atoms with E-state index in [0.717, 1.165) is 24.1 Å². The smallest absolute Gasteiger partial charge is 0.178 e. The highest BCUT2D eigenvalue weighted by Crippen LogP contribution is 2.30. The summed E-state index contributed by atoms with van der Waals surface area (Å²) >= 11 is 0. The maximum Gasteiger partial charge on any atom is 0.178 e. The van der Waals surface area contributed by atoms with Gasteiger partial charge in [0.1, 0.15) is 0 Å². The van der Waals surface area contributed by atoms with Crippen LogP contribution < -0.4 is 5.32 Å². The van der Waals surface area contributed by atoms with E-state index in [4.69, 9.17) is 0 Å². The van der Waals surface area contributed by atoms with E-state index in [2.05, 4.69) is 12.2 Å². The summed E-state index contributed by atoms with van der Waals surface area (Å²) in [5, 5.41) is 3.41.